The second-order valence-electron chi connectivity index (χ2n) is 3.48. The summed E-state index contributed by atoms with van der Waals surface area (Å²) in [4.78, 5) is 11.1. The van der Waals surface area contributed by atoms with Crippen molar-refractivity contribution in [1.29, 1.82) is 0 Å². The van der Waals surface area contributed by atoms with Gasteiger partial charge in [-0.1, -0.05) is 24.3 Å². The summed E-state index contributed by atoms with van der Waals surface area (Å²) >= 11 is 0. The molecule has 4 atom stereocenters. The van der Waals surface area contributed by atoms with Crippen molar-refractivity contribution in [2.45, 2.75) is 6.04 Å². The van der Waals surface area contributed by atoms with Gasteiger partial charge in [0.15, 0.2) is 0 Å². The molecule has 0 bridgehead atoms. The van der Waals surface area contributed by atoms with Crippen molar-refractivity contribution < 1.29 is 4.79 Å². The van der Waals surface area contributed by atoms with Crippen molar-refractivity contribution in [3.05, 3.63) is 24.3 Å². The lowest BCUT2D eigenvalue weighted by Gasteiger charge is -2.47. The van der Waals surface area contributed by atoms with E-state index in [9.17, 15) is 4.79 Å². The molecule has 0 spiro atoms. The molecule has 3 aliphatic rings. The maximum atomic E-state index is 11.1. The first kappa shape index (κ1) is 5.58. The topological polar surface area (TPSA) is 29.1 Å². The minimum Gasteiger partial charge on any atom is -0.349 e. The molecule has 1 fully saturated rings. The van der Waals surface area contributed by atoms with Gasteiger partial charge in [0.05, 0.1) is 12.0 Å². The number of nitrogens with one attached hydrogen (secondary N) is 1. The molecule has 0 aromatic carbocycles. The highest BCUT2D eigenvalue weighted by Gasteiger charge is 2.48. The molecule has 1 amide bonds. The predicted molar refractivity (Wildman–Crippen MR) is 40.7 cm³/mol. The van der Waals surface area contributed by atoms with E-state index >= 15 is 0 Å². The summed E-state index contributed by atoms with van der Waals surface area (Å²) in [5, 5.41) is 2.87. The van der Waals surface area contributed by atoms with Crippen LogP contribution in [0.25, 0.3) is 0 Å². The van der Waals surface area contributed by atoms with E-state index in [1.54, 1.807) is 0 Å². The number of carbonyl (C=O) groups is 1. The molecular weight excluding hydrogens is 138 g/mol. The Kier molecular flexibility index (Phi) is 0.799. The van der Waals surface area contributed by atoms with Crippen LogP contribution in [0.4, 0.5) is 0 Å². The molecule has 0 aromatic heterocycles. The highest BCUT2D eigenvalue weighted by atomic mass is 16.2. The SMILES string of the molecule is O=C1N[C@@H]2C=C[C@H]3C=C[C@H]3[C@H]12. The van der Waals surface area contributed by atoms with Crippen molar-refractivity contribution in [2.24, 2.45) is 17.8 Å². The molecule has 2 heteroatoms. The van der Waals surface area contributed by atoms with Gasteiger partial charge in [-0.05, 0) is 0 Å². The zero-order valence-corrected chi connectivity index (χ0v) is 6.03. The molecule has 0 radical (unpaired) electrons. The van der Waals surface area contributed by atoms with Gasteiger partial charge >= 0.3 is 0 Å². The Balaban J connectivity index is 1.99. The second-order valence-corrected chi connectivity index (χ2v) is 3.48. The molecule has 3 rings (SSSR count). The van der Waals surface area contributed by atoms with Crippen LogP contribution in [0, 0.1) is 17.8 Å². The molecule has 0 unspecified atom stereocenters. The minimum atomic E-state index is 0.235. The highest BCUT2D eigenvalue weighted by molar-refractivity contribution is 5.88. The van der Waals surface area contributed by atoms with E-state index in [4.69, 9.17) is 0 Å². The summed E-state index contributed by atoms with van der Waals surface area (Å²) < 4.78 is 0. The fourth-order valence-corrected chi connectivity index (χ4v) is 2.17. The normalized spacial score (nSPS) is 50.0. The molecule has 1 heterocycles. The second kappa shape index (κ2) is 1.58. The Morgan fingerprint density at radius 2 is 2.00 bits per heavy atom. The van der Waals surface area contributed by atoms with Crippen LogP contribution < -0.4 is 5.32 Å². The lowest BCUT2D eigenvalue weighted by molar-refractivity contribution is -0.136. The smallest absolute Gasteiger partial charge is 0.226 e. The number of hydrogen-bond donors (Lipinski definition) is 1. The first-order valence-electron chi connectivity index (χ1n) is 4.03. The molecule has 1 aliphatic heterocycles. The van der Waals surface area contributed by atoms with E-state index in [-0.39, 0.29) is 11.8 Å². The van der Waals surface area contributed by atoms with E-state index in [2.05, 4.69) is 29.6 Å². The third-order valence-electron chi connectivity index (χ3n) is 2.95. The van der Waals surface area contributed by atoms with E-state index < -0.39 is 0 Å². The van der Waals surface area contributed by atoms with E-state index in [1.807, 2.05) is 0 Å². The standard InChI is InChI=1S/C9H9NO/c11-9-8-6-3-1-5(6)2-4-7(8)10-9/h1-8H,(H,10,11)/t5-,6-,7-,8+/m1/s1. The van der Waals surface area contributed by atoms with Crippen LogP contribution in [0.3, 0.4) is 0 Å². The molecule has 1 saturated heterocycles. The number of β-lactam (4-membered cyclic amide) rings is 1. The van der Waals surface area contributed by atoms with Crippen LogP contribution in [-0.4, -0.2) is 11.9 Å². The lowest BCUT2D eigenvalue weighted by Crippen LogP contribution is -2.62. The van der Waals surface area contributed by atoms with E-state index in [0.29, 0.717) is 17.9 Å². The summed E-state index contributed by atoms with van der Waals surface area (Å²) in [5.74, 6) is 1.56. The predicted octanol–water partition coefficient (Wildman–Crippen LogP) is 0.473. The van der Waals surface area contributed by atoms with Gasteiger partial charge in [-0.3, -0.25) is 4.79 Å². The van der Waals surface area contributed by atoms with E-state index in [1.165, 1.54) is 0 Å². The van der Waals surface area contributed by atoms with Crippen LogP contribution in [0.2, 0.25) is 0 Å². The first-order valence-corrected chi connectivity index (χ1v) is 4.03. The summed E-state index contributed by atoms with van der Waals surface area (Å²) in [6.45, 7) is 0. The number of amides is 1. The van der Waals surface area contributed by atoms with Crippen LogP contribution >= 0.6 is 0 Å². The number of hydrogen-bond acceptors (Lipinski definition) is 1. The monoisotopic (exact) mass is 147 g/mol. The number of fused-ring (bicyclic) bond motifs is 3. The van der Waals surface area contributed by atoms with Gasteiger partial charge in [0.1, 0.15) is 0 Å². The lowest BCUT2D eigenvalue weighted by atomic mass is 9.64. The number of carbonyl (C=O) groups excluding carboxylic acids is 1. The molecule has 1 N–H and O–H groups in total. The van der Waals surface area contributed by atoms with E-state index in [0.717, 1.165) is 0 Å². The van der Waals surface area contributed by atoms with Gasteiger partial charge in [-0.2, -0.15) is 0 Å². The zero-order chi connectivity index (χ0) is 7.42. The highest BCUT2D eigenvalue weighted by Crippen LogP contribution is 2.42. The summed E-state index contributed by atoms with van der Waals surface area (Å²) in [6.07, 6.45) is 8.65. The molecule has 56 valence electrons. The largest absolute Gasteiger partial charge is 0.349 e. The molecule has 0 saturated carbocycles. The Labute approximate surface area is 65.0 Å². The average Bonchev–Trinajstić information content (AvgIpc) is 1.94. The number of allylic oxidation sites excluding steroid dienone is 3. The number of rotatable bonds is 0. The summed E-state index contributed by atoms with van der Waals surface area (Å²) in [5.41, 5.74) is 0. The van der Waals surface area contributed by atoms with Gasteiger partial charge < -0.3 is 5.32 Å². The summed E-state index contributed by atoms with van der Waals surface area (Å²) in [6, 6.07) is 0.341. The van der Waals surface area contributed by atoms with Gasteiger partial charge in [0.25, 0.3) is 0 Å². The molecule has 11 heavy (non-hydrogen) atoms. The van der Waals surface area contributed by atoms with Crippen LogP contribution in [0.5, 0.6) is 0 Å². The van der Waals surface area contributed by atoms with Crippen molar-refractivity contribution in [3.63, 3.8) is 0 Å². The molecular formula is C9H9NO. The molecule has 2 aliphatic carbocycles. The fourth-order valence-electron chi connectivity index (χ4n) is 2.17. The Morgan fingerprint density at radius 1 is 1.18 bits per heavy atom. The Hall–Kier alpha value is -1.05. The van der Waals surface area contributed by atoms with Gasteiger partial charge in [0, 0.05) is 11.8 Å². The fraction of sp³-hybridized carbons (Fsp3) is 0.444. The first-order chi connectivity index (χ1) is 5.36. The van der Waals surface area contributed by atoms with Crippen molar-refractivity contribution >= 4 is 5.91 Å². The minimum absolute atomic E-state index is 0.235. The molecule has 2 nitrogen and oxygen atoms in total. The van der Waals surface area contributed by atoms with Crippen LogP contribution in [0.15, 0.2) is 24.3 Å². The Morgan fingerprint density at radius 3 is 2.55 bits per heavy atom. The van der Waals surface area contributed by atoms with Crippen molar-refractivity contribution in [1.82, 2.24) is 5.32 Å². The third kappa shape index (κ3) is 0.516. The van der Waals surface area contributed by atoms with Crippen LogP contribution in [-0.2, 0) is 4.79 Å². The molecule has 0 aromatic rings. The average molecular weight is 147 g/mol. The van der Waals surface area contributed by atoms with Crippen molar-refractivity contribution in [2.75, 3.05) is 0 Å². The van der Waals surface area contributed by atoms with Gasteiger partial charge in [-0.15, -0.1) is 0 Å². The van der Waals surface area contributed by atoms with Crippen LogP contribution in [0.1, 0.15) is 0 Å². The Bertz CT molecular complexity index is 279. The van der Waals surface area contributed by atoms with Gasteiger partial charge in [0.2, 0.25) is 5.91 Å². The quantitative estimate of drug-likeness (QED) is 0.391. The maximum absolute atomic E-state index is 11.1. The van der Waals surface area contributed by atoms with Crippen molar-refractivity contribution in [3.8, 4) is 0 Å². The zero-order valence-electron chi connectivity index (χ0n) is 6.03. The maximum Gasteiger partial charge on any atom is 0.226 e. The third-order valence-corrected chi connectivity index (χ3v) is 2.95. The summed E-state index contributed by atoms with van der Waals surface area (Å²) in [7, 11) is 0. The van der Waals surface area contributed by atoms with Gasteiger partial charge in [-0.25, -0.2) is 0 Å².